The van der Waals surface area contributed by atoms with Gasteiger partial charge in [0.2, 0.25) is 5.95 Å². The van der Waals surface area contributed by atoms with Crippen LogP contribution in [0.25, 0.3) is 22.2 Å². The molecule has 1 aliphatic heterocycles. The molecule has 2 aromatic carbocycles. The molecule has 1 aliphatic rings. The molecule has 0 bridgehead atoms. The number of ether oxygens (including phenoxy) is 1. The van der Waals surface area contributed by atoms with E-state index in [1.807, 2.05) is 31.2 Å². The van der Waals surface area contributed by atoms with Gasteiger partial charge in [0, 0.05) is 13.1 Å². The van der Waals surface area contributed by atoms with Crippen LogP contribution < -0.4 is 15.4 Å². The highest BCUT2D eigenvalue weighted by atomic mass is 16.5. The Morgan fingerprint density at radius 3 is 2.62 bits per heavy atom. The number of aryl methyl sites for hydroxylation is 2. The van der Waals surface area contributed by atoms with Crippen molar-refractivity contribution in [1.82, 2.24) is 30.4 Å². The minimum atomic E-state index is -0.174. The Morgan fingerprint density at radius 1 is 1.03 bits per heavy atom. The highest BCUT2D eigenvalue weighted by molar-refractivity contribution is 5.92. The lowest BCUT2D eigenvalue weighted by molar-refractivity contribution is 0.0945. The second kappa shape index (κ2) is 10.9. The van der Waals surface area contributed by atoms with E-state index in [-0.39, 0.29) is 5.91 Å². The largest absolute Gasteiger partial charge is 0.497 e. The van der Waals surface area contributed by atoms with Gasteiger partial charge in [0.05, 0.1) is 24.5 Å². The summed E-state index contributed by atoms with van der Waals surface area (Å²) in [4.78, 5) is 23.7. The van der Waals surface area contributed by atoms with Gasteiger partial charge in [-0.2, -0.15) is 0 Å². The molecule has 2 aromatic heterocycles. The predicted molar refractivity (Wildman–Crippen MR) is 144 cm³/mol. The number of hydrogen-bond donors (Lipinski definition) is 2. The summed E-state index contributed by atoms with van der Waals surface area (Å²) in [7, 11) is 1.66. The van der Waals surface area contributed by atoms with Crippen molar-refractivity contribution in [3.05, 3.63) is 65.5 Å². The van der Waals surface area contributed by atoms with Gasteiger partial charge in [-0.1, -0.05) is 6.07 Å². The number of carbonyl (C=O) groups excluding carboxylic acids is 1. The van der Waals surface area contributed by atoms with Gasteiger partial charge in [-0.15, -0.1) is 10.2 Å². The van der Waals surface area contributed by atoms with Gasteiger partial charge in [0.15, 0.2) is 0 Å². The van der Waals surface area contributed by atoms with Gasteiger partial charge >= 0.3 is 0 Å². The van der Waals surface area contributed by atoms with E-state index in [0.29, 0.717) is 29.4 Å². The lowest BCUT2D eigenvalue weighted by Gasteiger charge is -2.14. The molecule has 0 unspecified atom stereocenters. The van der Waals surface area contributed by atoms with Crippen LogP contribution in [0.1, 0.15) is 34.5 Å². The van der Waals surface area contributed by atoms with Crippen LogP contribution in [0.5, 0.6) is 5.75 Å². The van der Waals surface area contributed by atoms with Crippen molar-refractivity contribution in [2.24, 2.45) is 0 Å². The molecule has 2 N–H and O–H groups in total. The fraction of sp³-hybridized carbons (Fsp3) is 0.321. The molecule has 1 amide bonds. The lowest BCUT2D eigenvalue weighted by atomic mass is 9.98. The van der Waals surface area contributed by atoms with Crippen LogP contribution in [0, 0.1) is 13.8 Å². The first-order valence-corrected chi connectivity index (χ1v) is 12.5. The van der Waals surface area contributed by atoms with E-state index < -0.39 is 0 Å². The molecule has 0 aliphatic carbocycles. The third-order valence-corrected chi connectivity index (χ3v) is 6.67. The molecule has 9 heteroatoms. The average Bonchev–Trinajstić information content (AvgIpc) is 3.43. The summed E-state index contributed by atoms with van der Waals surface area (Å²) in [6.45, 7) is 7.81. The van der Waals surface area contributed by atoms with Crippen LogP contribution in [-0.2, 0) is 0 Å². The highest BCUT2D eigenvalue weighted by Crippen LogP contribution is 2.31. The molecular formula is C28H31N7O2. The van der Waals surface area contributed by atoms with Crippen LogP contribution in [-0.4, -0.2) is 64.3 Å². The number of likely N-dealkylation sites (tertiary alicyclic amines) is 1. The lowest BCUT2D eigenvalue weighted by Crippen LogP contribution is -2.33. The molecule has 4 aromatic rings. The standard InChI is InChI=1S/C28H31N7O2/c1-18-6-8-22(37-3)16-23(18)20-14-19(2)26-25(15-20)33-34-28(32-26)31-21-7-9-24(30-17-21)27(36)29-10-13-35-11-4-5-12-35/h6-9,14-17H,4-5,10-13H2,1-3H3,(H,29,36)(H,31,32,34). The Hall–Kier alpha value is -4.11. The number of carbonyl (C=O) groups is 1. The van der Waals surface area contributed by atoms with Crippen LogP contribution in [0.3, 0.4) is 0 Å². The normalized spacial score (nSPS) is 13.6. The zero-order chi connectivity index (χ0) is 25.8. The Labute approximate surface area is 216 Å². The molecule has 3 heterocycles. The van der Waals surface area contributed by atoms with Crippen molar-refractivity contribution >= 4 is 28.6 Å². The number of pyridine rings is 1. The molecule has 0 atom stereocenters. The van der Waals surface area contributed by atoms with E-state index >= 15 is 0 Å². The number of anilines is 2. The minimum Gasteiger partial charge on any atom is -0.497 e. The summed E-state index contributed by atoms with van der Waals surface area (Å²) >= 11 is 0. The number of nitrogens with one attached hydrogen (secondary N) is 2. The third-order valence-electron chi connectivity index (χ3n) is 6.67. The number of rotatable bonds is 8. The summed E-state index contributed by atoms with van der Waals surface area (Å²) in [5.41, 5.74) is 6.79. The maximum atomic E-state index is 12.4. The average molecular weight is 498 g/mol. The van der Waals surface area contributed by atoms with Crippen molar-refractivity contribution in [2.75, 3.05) is 38.6 Å². The molecule has 37 heavy (non-hydrogen) atoms. The van der Waals surface area contributed by atoms with Crippen LogP contribution in [0.2, 0.25) is 0 Å². The first-order valence-electron chi connectivity index (χ1n) is 12.5. The first-order chi connectivity index (χ1) is 18.0. The summed E-state index contributed by atoms with van der Waals surface area (Å²) in [6.07, 6.45) is 4.08. The number of hydrogen-bond acceptors (Lipinski definition) is 8. The van der Waals surface area contributed by atoms with Gasteiger partial charge in [0.25, 0.3) is 5.91 Å². The van der Waals surface area contributed by atoms with Crippen molar-refractivity contribution in [2.45, 2.75) is 26.7 Å². The Morgan fingerprint density at radius 2 is 1.86 bits per heavy atom. The summed E-state index contributed by atoms with van der Waals surface area (Å²) in [5, 5.41) is 14.8. The quantitative estimate of drug-likeness (QED) is 0.372. The van der Waals surface area contributed by atoms with E-state index in [2.05, 4.69) is 48.7 Å². The fourth-order valence-corrected chi connectivity index (χ4v) is 4.62. The number of amides is 1. The van der Waals surface area contributed by atoms with Gasteiger partial charge in [-0.3, -0.25) is 4.79 Å². The Bertz CT molecular complexity index is 1420. The molecule has 0 spiro atoms. The molecule has 9 nitrogen and oxygen atoms in total. The van der Waals surface area contributed by atoms with E-state index in [1.54, 1.807) is 25.4 Å². The molecule has 1 fully saturated rings. The molecule has 0 radical (unpaired) electrons. The fourth-order valence-electron chi connectivity index (χ4n) is 4.62. The first kappa shape index (κ1) is 24.6. The maximum Gasteiger partial charge on any atom is 0.269 e. The minimum absolute atomic E-state index is 0.174. The van der Waals surface area contributed by atoms with E-state index in [1.165, 1.54) is 12.8 Å². The van der Waals surface area contributed by atoms with Crippen LogP contribution >= 0.6 is 0 Å². The summed E-state index contributed by atoms with van der Waals surface area (Å²) < 4.78 is 5.40. The van der Waals surface area contributed by atoms with Crippen LogP contribution in [0.15, 0.2) is 48.7 Å². The third kappa shape index (κ3) is 5.67. The summed E-state index contributed by atoms with van der Waals surface area (Å²) in [5.74, 6) is 0.999. The zero-order valence-electron chi connectivity index (χ0n) is 21.4. The smallest absolute Gasteiger partial charge is 0.269 e. The Balaban J connectivity index is 1.27. The monoisotopic (exact) mass is 497 g/mol. The Kier molecular flexibility index (Phi) is 7.23. The topological polar surface area (TPSA) is 105 Å². The van der Waals surface area contributed by atoms with Crippen molar-refractivity contribution in [1.29, 1.82) is 0 Å². The van der Waals surface area contributed by atoms with E-state index in [9.17, 15) is 4.79 Å². The zero-order valence-corrected chi connectivity index (χ0v) is 21.4. The molecule has 190 valence electrons. The van der Waals surface area contributed by atoms with E-state index in [0.717, 1.165) is 53.2 Å². The predicted octanol–water partition coefficient (Wildman–Crippen LogP) is 4.28. The van der Waals surface area contributed by atoms with Crippen molar-refractivity contribution in [3.63, 3.8) is 0 Å². The molecular weight excluding hydrogens is 466 g/mol. The number of fused-ring (bicyclic) bond motifs is 1. The van der Waals surface area contributed by atoms with E-state index in [4.69, 9.17) is 4.74 Å². The SMILES string of the molecule is COc1ccc(C)c(-c2cc(C)c3nc(Nc4ccc(C(=O)NCCN5CCCC5)nc4)nnc3c2)c1. The second-order valence-electron chi connectivity index (χ2n) is 9.34. The number of benzene rings is 2. The summed E-state index contributed by atoms with van der Waals surface area (Å²) in [6, 6.07) is 13.6. The van der Waals surface area contributed by atoms with Gasteiger partial charge in [0.1, 0.15) is 17.0 Å². The van der Waals surface area contributed by atoms with Crippen molar-refractivity contribution < 1.29 is 9.53 Å². The number of methoxy groups -OCH3 is 1. The van der Waals surface area contributed by atoms with Gasteiger partial charge in [-0.25, -0.2) is 9.97 Å². The van der Waals surface area contributed by atoms with Gasteiger partial charge in [-0.05, 0) is 98.4 Å². The second-order valence-corrected chi connectivity index (χ2v) is 9.34. The number of nitrogens with zero attached hydrogens (tertiary/aromatic N) is 5. The van der Waals surface area contributed by atoms with Crippen molar-refractivity contribution in [3.8, 4) is 16.9 Å². The molecule has 5 rings (SSSR count). The van der Waals surface area contributed by atoms with Gasteiger partial charge < -0.3 is 20.3 Å². The number of aromatic nitrogens is 4. The molecule has 1 saturated heterocycles. The maximum absolute atomic E-state index is 12.4. The highest BCUT2D eigenvalue weighted by Gasteiger charge is 2.13. The van der Waals surface area contributed by atoms with Crippen LogP contribution in [0.4, 0.5) is 11.6 Å². The molecule has 0 saturated carbocycles.